The Morgan fingerprint density at radius 1 is 1.43 bits per heavy atom. The predicted octanol–water partition coefficient (Wildman–Crippen LogP) is 3.77. The van der Waals surface area contributed by atoms with Crippen LogP contribution in [0.3, 0.4) is 0 Å². The number of hydrogen-bond acceptors (Lipinski definition) is 3. The fraction of sp³-hybridized carbons (Fsp3) is 0.471. The number of aromatic nitrogens is 2. The Bertz CT molecular complexity index is 617. The Kier molecular flexibility index (Phi) is 3.86. The van der Waals surface area contributed by atoms with Crippen LogP contribution in [-0.2, 0) is 0 Å². The van der Waals surface area contributed by atoms with Gasteiger partial charge in [-0.3, -0.25) is 0 Å². The molecule has 2 heterocycles. The first-order chi connectivity index (χ1) is 10.2. The lowest BCUT2D eigenvalue weighted by Gasteiger charge is -2.26. The average molecular weight is 284 g/mol. The van der Waals surface area contributed by atoms with Crippen molar-refractivity contribution >= 4 is 11.5 Å². The van der Waals surface area contributed by atoms with E-state index in [9.17, 15) is 0 Å². The van der Waals surface area contributed by atoms with Gasteiger partial charge < -0.3 is 11.1 Å². The molecule has 2 unspecified atom stereocenters. The zero-order valence-electron chi connectivity index (χ0n) is 12.8. The number of nitrogens with zero attached hydrogens (tertiary/aromatic N) is 2. The molecule has 1 aromatic heterocycles. The van der Waals surface area contributed by atoms with Crippen molar-refractivity contribution in [1.29, 1.82) is 0 Å². The Morgan fingerprint density at radius 3 is 3.05 bits per heavy atom. The van der Waals surface area contributed by atoms with E-state index in [1.165, 1.54) is 24.1 Å². The number of nitrogens with one attached hydrogen (secondary N) is 1. The van der Waals surface area contributed by atoms with Crippen molar-refractivity contribution in [2.75, 3.05) is 17.6 Å². The van der Waals surface area contributed by atoms with Crippen molar-refractivity contribution in [3.63, 3.8) is 0 Å². The summed E-state index contributed by atoms with van der Waals surface area (Å²) in [5, 5.41) is 8.33. The third kappa shape index (κ3) is 2.75. The third-order valence-corrected chi connectivity index (χ3v) is 4.30. The fourth-order valence-electron chi connectivity index (χ4n) is 3.14. The molecule has 3 rings (SSSR count). The molecule has 0 saturated carbocycles. The van der Waals surface area contributed by atoms with Crippen LogP contribution in [-0.4, -0.2) is 16.3 Å². The van der Waals surface area contributed by atoms with Gasteiger partial charge in [0, 0.05) is 24.2 Å². The van der Waals surface area contributed by atoms with E-state index in [4.69, 9.17) is 10.8 Å². The molecule has 0 amide bonds. The van der Waals surface area contributed by atoms with Gasteiger partial charge in [0.05, 0.1) is 11.7 Å². The largest absolute Gasteiger partial charge is 0.399 e. The van der Waals surface area contributed by atoms with Gasteiger partial charge in [-0.15, -0.1) is 0 Å². The Balaban J connectivity index is 1.94. The number of rotatable bonds is 4. The zero-order chi connectivity index (χ0) is 14.8. The van der Waals surface area contributed by atoms with Crippen LogP contribution in [0.5, 0.6) is 0 Å². The first-order valence-corrected chi connectivity index (χ1v) is 7.87. The number of anilines is 2. The van der Waals surface area contributed by atoms with Gasteiger partial charge in [-0.05, 0) is 30.5 Å². The Hall–Kier alpha value is -1.97. The van der Waals surface area contributed by atoms with Crippen molar-refractivity contribution in [2.24, 2.45) is 0 Å². The highest BCUT2D eigenvalue weighted by atomic mass is 15.4. The molecule has 1 aromatic carbocycles. The summed E-state index contributed by atoms with van der Waals surface area (Å²) in [6.45, 7) is 5.46. The molecule has 21 heavy (non-hydrogen) atoms. The van der Waals surface area contributed by atoms with Gasteiger partial charge in [0.15, 0.2) is 0 Å². The molecular weight excluding hydrogens is 260 g/mol. The molecular formula is C17H24N4. The summed E-state index contributed by atoms with van der Waals surface area (Å²) in [6, 6.07) is 10.7. The second-order valence-corrected chi connectivity index (χ2v) is 5.99. The van der Waals surface area contributed by atoms with E-state index in [1.54, 1.807) is 0 Å². The smallest absolute Gasteiger partial charge is 0.125 e. The van der Waals surface area contributed by atoms with Crippen molar-refractivity contribution in [1.82, 2.24) is 9.78 Å². The quantitative estimate of drug-likeness (QED) is 0.840. The molecule has 4 heteroatoms. The normalized spacial score (nSPS) is 18.9. The summed E-state index contributed by atoms with van der Waals surface area (Å²) >= 11 is 0. The first-order valence-electron chi connectivity index (χ1n) is 7.87. The fourth-order valence-corrected chi connectivity index (χ4v) is 3.14. The minimum absolute atomic E-state index is 0.285. The van der Waals surface area contributed by atoms with Gasteiger partial charge in [-0.1, -0.05) is 32.4 Å². The van der Waals surface area contributed by atoms with Crippen LogP contribution in [0, 0.1) is 0 Å². The molecule has 1 aliphatic rings. The minimum Gasteiger partial charge on any atom is -0.399 e. The van der Waals surface area contributed by atoms with Gasteiger partial charge in [0.25, 0.3) is 0 Å². The molecule has 0 aliphatic carbocycles. The van der Waals surface area contributed by atoms with Crippen molar-refractivity contribution in [2.45, 2.75) is 45.1 Å². The van der Waals surface area contributed by atoms with Crippen LogP contribution < -0.4 is 11.1 Å². The number of benzene rings is 1. The maximum absolute atomic E-state index is 5.93. The lowest BCUT2D eigenvalue weighted by Crippen LogP contribution is -2.24. The van der Waals surface area contributed by atoms with Gasteiger partial charge in [-0.2, -0.15) is 5.10 Å². The SMILES string of the molecule is CCCC(C)c1cc2n(n1)C(c1cccc(N)c1)CCN2. The summed E-state index contributed by atoms with van der Waals surface area (Å²) in [7, 11) is 0. The van der Waals surface area contributed by atoms with Crippen molar-refractivity contribution < 1.29 is 0 Å². The van der Waals surface area contributed by atoms with Gasteiger partial charge in [-0.25, -0.2) is 4.68 Å². The highest BCUT2D eigenvalue weighted by Crippen LogP contribution is 2.32. The monoisotopic (exact) mass is 284 g/mol. The third-order valence-electron chi connectivity index (χ3n) is 4.30. The molecule has 3 N–H and O–H groups in total. The van der Waals surface area contributed by atoms with Crippen LogP contribution in [0.15, 0.2) is 30.3 Å². The maximum atomic E-state index is 5.93. The second-order valence-electron chi connectivity index (χ2n) is 5.99. The molecule has 0 radical (unpaired) electrons. The van der Waals surface area contributed by atoms with E-state index < -0.39 is 0 Å². The van der Waals surface area contributed by atoms with E-state index in [0.29, 0.717) is 5.92 Å². The van der Waals surface area contributed by atoms with Crippen LogP contribution in [0.1, 0.15) is 56.3 Å². The van der Waals surface area contributed by atoms with E-state index in [0.717, 1.165) is 24.5 Å². The standard InChI is InChI=1S/C17H24N4/c1-3-5-12(2)15-11-17-19-9-8-16(21(17)20-15)13-6-4-7-14(18)10-13/h4,6-7,10-12,16,19H,3,5,8-9,18H2,1-2H3. The molecule has 4 nitrogen and oxygen atoms in total. The molecule has 112 valence electrons. The summed E-state index contributed by atoms with van der Waals surface area (Å²) in [5.41, 5.74) is 9.19. The number of nitrogens with two attached hydrogens (primary N) is 1. The number of nitrogen functional groups attached to an aromatic ring is 1. The number of hydrogen-bond donors (Lipinski definition) is 2. The Morgan fingerprint density at radius 2 is 2.29 bits per heavy atom. The lowest BCUT2D eigenvalue weighted by atomic mass is 10.0. The lowest BCUT2D eigenvalue weighted by molar-refractivity contribution is 0.473. The van der Waals surface area contributed by atoms with Gasteiger partial charge in [0.2, 0.25) is 0 Å². The molecule has 0 saturated heterocycles. The predicted molar refractivity (Wildman–Crippen MR) is 87.7 cm³/mol. The molecule has 0 fully saturated rings. The van der Waals surface area contributed by atoms with Crippen LogP contribution in [0.25, 0.3) is 0 Å². The van der Waals surface area contributed by atoms with Gasteiger partial charge in [0.1, 0.15) is 5.82 Å². The molecule has 2 aromatic rings. The second kappa shape index (κ2) is 5.80. The van der Waals surface area contributed by atoms with E-state index in [-0.39, 0.29) is 6.04 Å². The molecule has 0 spiro atoms. The summed E-state index contributed by atoms with van der Waals surface area (Å²) in [6.07, 6.45) is 3.41. The Labute approximate surface area is 126 Å². The van der Waals surface area contributed by atoms with E-state index in [1.807, 2.05) is 12.1 Å². The van der Waals surface area contributed by atoms with E-state index in [2.05, 4.69) is 42.0 Å². The van der Waals surface area contributed by atoms with E-state index >= 15 is 0 Å². The number of fused-ring (bicyclic) bond motifs is 1. The minimum atomic E-state index is 0.285. The van der Waals surface area contributed by atoms with Crippen molar-refractivity contribution in [3.8, 4) is 0 Å². The van der Waals surface area contributed by atoms with Crippen molar-refractivity contribution in [3.05, 3.63) is 41.6 Å². The molecule has 2 atom stereocenters. The first kappa shape index (κ1) is 14.0. The summed E-state index contributed by atoms with van der Waals surface area (Å²) < 4.78 is 2.14. The zero-order valence-corrected chi connectivity index (χ0v) is 12.8. The van der Waals surface area contributed by atoms with Crippen LogP contribution in [0.4, 0.5) is 11.5 Å². The average Bonchev–Trinajstić information content (AvgIpc) is 2.91. The highest BCUT2D eigenvalue weighted by molar-refractivity contribution is 5.45. The van der Waals surface area contributed by atoms with Gasteiger partial charge >= 0.3 is 0 Å². The van der Waals surface area contributed by atoms with Crippen LogP contribution in [0.2, 0.25) is 0 Å². The summed E-state index contributed by atoms with van der Waals surface area (Å²) in [5.74, 6) is 1.64. The molecule has 1 aliphatic heterocycles. The topological polar surface area (TPSA) is 55.9 Å². The maximum Gasteiger partial charge on any atom is 0.125 e. The summed E-state index contributed by atoms with van der Waals surface area (Å²) in [4.78, 5) is 0. The highest BCUT2D eigenvalue weighted by Gasteiger charge is 2.24. The molecule has 0 bridgehead atoms. The van der Waals surface area contributed by atoms with Crippen LogP contribution >= 0.6 is 0 Å².